The summed E-state index contributed by atoms with van der Waals surface area (Å²) in [6.45, 7) is 1.60. The van der Waals surface area contributed by atoms with Crippen molar-refractivity contribution >= 4 is 11.9 Å². The molecule has 6 heteroatoms. The molecule has 0 bridgehead atoms. The number of amides is 1. The van der Waals surface area contributed by atoms with Gasteiger partial charge in [-0.1, -0.05) is 12.1 Å². The molecule has 0 saturated carbocycles. The molecule has 1 fully saturated rings. The fraction of sp³-hybridized carbons (Fsp3) is 0.421. The maximum absolute atomic E-state index is 12.4. The van der Waals surface area contributed by atoms with Gasteiger partial charge in [0.05, 0.1) is 18.9 Å². The van der Waals surface area contributed by atoms with Gasteiger partial charge in [0.15, 0.2) is 0 Å². The van der Waals surface area contributed by atoms with E-state index >= 15 is 0 Å². The Balaban J connectivity index is 1.51. The largest absolute Gasteiger partial charge is 0.465 e. The summed E-state index contributed by atoms with van der Waals surface area (Å²) in [4.78, 5) is 25.9. The van der Waals surface area contributed by atoms with Crippen molar-refractivity contribution < 1.29 is 14.3 Å². The fourth-order valence-corrected chi connectivity index (χ4v) is 3.33. The van der Waals surface area contributed by atoms with Gasteiger partial charge in [0.1, 0.15) is 0 Å². The molecule has 1 aliphatic heterocycles. The molecule has 2 aromatic rings. The number of hydrogen-bond acceptors (Lipinski definition) is 4. The number of esters is 1. The third-order valence-electron chi connectivity index (χ3n) is 4.69. The van der Waals surface area contributed by atoms with Gasteiger partial charge in [0.25, 0.3) is 0 Å². The lowest BCUT2D eigenvalue weighted by Gasteiger charge is -2.16. The van der Waals surface area contributed by atoms with Gasteiger partial charge < -0.3 is 9.64 Å². The van der Waals surface area contributed by atoms with Gasteiger partial charge in [-0.2, -0.15) is 5.10 Å². The van der Waals surface area contributed by atoms with Crippen molar-refractivity contribution in [2.45, 2.75) is 25.7 Å². The zero-order valence-electron chi connectivity index (χ0n) is 14.4. The lowest BCUT2D eigenvalue weighted by molar-refractivity contribution is -0.130. The third-order valence-corrected chi connectivity index (χ3v) is 4.69. The molecule has 6 nitrogen and oxygen atoms in total. The second-order valence-corrected chi connectivity index (χ2v) is 6.50. The summed E-state index contributed by atoms with van der Waals surface area (Å²) in [5.41, 5.74) is 2.75. The molecule has 2 heterocycles. The monoisotopic (exact) mass is 341 g/mol. The Labute approximate surface area is 147 Å². The number of nitrogens with zero attached hydrogens (tertiary/aromatic N) is 2. The van der Waals surface area contributed by atoms with E-state index in [9.17, 15) is 9.59 Å². The molecule has 1 atom stereocenters. The summed E-state index contributed by atoms with van der Waals surface area (Å²) >= 11 is 0. The van der Waals surface area contributed by atoms with Crippen molar-refractivity contribution in [2.75, 3.05) is 20.2 Å². The van der Waals surface area contributed by atoms with Crippen LogP contribution in [0.4, 0.5) is 0 Å². The van der Waals surface area contributed by atoms with Crippen LogP contribution < -0.4 is 0 Å². The standard InChI is InChI=1S/C19H23N3O3/c1-25-19(24)17-4-2-3-14(10-17)9-15-7-8-22(13-15)18(23)6-5-16-11-20-21-12-16/h2-4,10-12,15H,5-9,13H2,1H3,(H,20,21). The lowest BCUT2D eigenvalue weighted by atomic mass is 9.97. The number of carbonyl (C=O) groups is 2. The molecular formula is C19H23N3O3. The van der Waals surface area contributed by atoms with E-state index in [1.54, 1.807) is 12.3 Å². The number of benzene rings is 1. The molecule has 1 amide bonds. The van der Waals surface area contributed by atoms with Crippen LogP contribution in [-0.2, 0) is 22.4 Å². The van der Waals surface area contributed by atoms with E-state index < -0.39 is 0 Å². The van der Waals surface area contributed by atoms with E-state index in [0.717, 1.165) is 43.5 Å². The molecule has 132 valence electrons. The number of H-pyrrole nitrogens is 1. The summed E-state index contributed by atoms with van der Waals surface area (Å²) in [6.07, 6.45) is 6.70. The van der Waals surface area contributed by atoms with Crippen LogP contribution in [-0.4, -0.2) is 47.2 Å². The van der Waals surface area contributed by atoms with Crippen LogP contribution in [0.2, 0.25) is 0 Å². The van der Waals surface area contributed by atoms with Crippen molar-refractivity contribution in [1.29, 1.82) is 0 Å². The van der Waals surface area contributed by atoms with Crippen molar-refractivity contribution in [3.8, 4) is 0 Å². The predicted molar refractivity (Wildman–Crippen MR) is 93.1 cm³/mol. The topological polar surface area (TPSA) is 75.3 Å². The van der Waals surface area contributed by atoms with E-state index in [1.807, 2.05) is 29.3 Å². The highest BCUT2D eigenvalue weighted by Gasteiger charge is 2.26. The Morgan fingerprint density at radius 3 is 3.00 bits per heavy atom. The van der Waals surface area contributed by atoms with Crippen molar-refractivity contribution in [3.05, 3.63) is 53.3 Å². The number of ether oxygens (including phenoxy) is 1. The first kappa shape index (κ1) is 17.2. The van der Waals surface area contributed by atoms with E-state index in [0.29, 0.717) is 17.9 Å². The van der Waals surface area contributed by atoms with Gasteiger partial charge >= 0.3 is 5.97 Å². The molecule has 0 aliphatic carbocycles. The molecule has 3 rings (SSSR count). The zero-order chi connectivity index (χ0) is 17.6. The van der Waals surface area contributed by atoms with Crippen molar-refractivity contribution in [3.63, 3.8) is 0 Å². The van der Waals surface area contributed by atoms with Crippen molar-refractivity contribution in [1.82, 2.24) is 15.1 Å². The number of carbonyl (C=O) groups excluding carboxylic acids is 2. The summed E-state index contributed by atoms with van der Waals surface area (Å²) < 4.78 is 4.77. The van der Waals surface area contributed by atoms with E-state index in [1.165, 1.54) is 7.11 Å². The Bertz CT molecular complexity index is 727. The maximum atomic E-state index is 12.4. The number of rotatable bonds is 6. The summed E-state index contributed by atoms with van der Waals surface area (Å²) in [7, 11) is 1.39. The molecule has 1 unspecified atom stereocenters. The number of aromatic nitrogens is 2. The molecule has 1 aliphatic rings. The number of methoxy groups -OCH3 is 1. The number of aryl methyl sites for hydroxylation is 1. The van der Waals surface area contributed by atoms with Crippen LogP contribution in [0.1, 0.15) is 34.3 Å². The van der Waals surface area contributed by atoms with Crippen LogP contribution in [0.3, 0.4) is 0 Å². The molecule has 1 aromatic carbocycles. The first-order valence-electron chi connectivity index (χ1n) is 8.58. The van der Waals surface area contributed by atoms with Crippen LogP contribution in [0.25, 0.3) is 0 Å². The van der Waals surface area contributed by atoms with Crippen LogP contribution in [0.15, 0.2) is 36.7 Å². The Morgan fingerprint density at radius 2 is 2.24 bits per heavy atom. The third kappa shape index (κ3) is 4.47. The van der Waals surface area contributed by atoms with Gasteiger partial charge in [-0.05, 0) is 48.4 Å². The highest BCUT2D eigenvalue weighted by molar-refractivity contribution is 5.89. The van der Waals surface area contributed by atoms with Gasteiger partial charge in [-0.3, -0.25) is 9.89 Å². The molecule has 1 saturated heterocycles. The minimum absolute atomic E-state index is 0.201. The second kappa shape index (κ2) is 7.96. The normalized spacial score (nSPS) is 16.8. The molecule has 25 heavy (non-hydrogen) atoms. The second-order valence-electron chi connectivity index (χ2n) is 6.50. The first-order chi connectivity index (χ1) is 12.2. The van der Waals surface area contributed by atoms with Crippen LogP contribution >= 0.6 is 0 Å². The van der Waals surface area contributed by atoms with Gasteiger partial charge in [-0.25, -0.2) is 4.79 Å². The smallest absolute Gasteiger partial charge is 0.337 e. The minimum atomic E-state index is -0.315. The average Bonchev–Trinajstić information content (AvgIpc) is 3.31. The van der Waals surface area contributed by atoms with E-state index in [4.69, 9.17) is 4.74 Å². The molecule has 1 aromatic heterocycles. The number of nitrogens with one attached hydrogen (secondary N) is 1. The highest BCUT2D eigenvalue weighted by atomic mass is 16.5. The quantitative estimate of drug-likeness (QED) is 0.818. The summed E-state index contributed by atoms with van der Waals surface area (Å²) in [6, 6.07) is 7.55. The van der Waals surface area contributed by atoms with Gasteiger partial charge in [0, 0.05) is 25.7 Å². The lowest BCUT2D eigenvalue weighted by Crippen LogP contribution is -2.29. The van der Waals surface area contributed by atoms with Crippen molar-refractivity contribution in [2.24, 2.45) is 5.92 Å². The number of aromatic amines is 1. The minimum Gasteiger partial charge on any atom is -0.465 e. The Morgan fingerprint density at radius 1 is 1.36 bits per heavy atom. The van der Waals surface area contributed by atoms with Gasteiger partial charge in [0.2, 0.25) is 5.91 Å². The van der Waals surface area contributed by atoms with E-state index in [-0.39, 0.29) is 11.9 Å². The predicted octanol–water partition coefficient (Wildman–Crippen LogP) is 2.22. The highest BCUT2D eigenvalue weighted by Crippen LogP contribution is 2.22. The van der Waals surface area contributed by atoms with Crippen LogP contribution in [0.5, 0.6) is 0 Å². The number of hydrogen-bond donors (Lipinski definition) is 1. The Kier molecular flexibility index (Phi) is 5.48. The fourth-order valence-electron chi connectivity index (χ4n) is 3.33. The molecule has 1 N–H and O–H groups in total. The molecular weight excluding hydrogens is 318 g/mol. The molecule has 0 spiro atoms. The first-order valence-corrected chi connectivity index (χ1v) is 8.58. The van der Waals surface area contributed by atoms with Crippen LogP contribution in [0, 0.1) is 5.92 Å². The van der Waals surface area contributed by atoms with E-state index in [2.05, 4.69) is 10.2 Å². The molecule has 0 radical (unpaired) electrons. The van der Waals surface area contributed by atoms with Gasteiger partial charge in [-0.15, -0.1) is 0 Å². The average molecular weight is 341 g/mol. The SMILES string of the molecule is COC(=O)c1cccc(CC2CCN(C(=O)CCc3cn[nH]c3)C2)c1. The summed E-state index contributed by atoms with van der Waals surface area (Å²) in [5, 5.41) is 6.67. The number of likely N-dealkylation sites (tertiary alicyclic amines) is 1. The Hall–Kier alpha value is -2.63. The maximum Gasteiger partial charge on any atom is 0.337 e. The summed E-state index contributed by atoms with van der Waals surface area (Å²) in [5.74, 6) is 0.321. The zero-order valence-corrected chi connectivity index (χ0v) is 14.4.